The van der Waals surface area contributed by atoms with Gasteiger partial charge in [-0.15, -0.1) is 13.2 Å². The van der Waals surface area contributed by atoms with Crippen LogP contribution in [0.25, 0.3) is 0 Å². The molecule has 0 saturated heterocycles. The zero-order valence-corrected chi connectivity index (χ0v) is 16.1. The minimum atomic E-state index is -5.02. The van der Waals surface area contributed by atoms with E-state index >= 15 is 0 Å². The van der Waals surface area contributed by atoms with Gasteiger partial charge in [0.25, 0.3) is 11.5 Å². The lowest BCUT2D eigenvalue weighted by Crippen LogP contribution is -2.33. The third kappa shape index (κ3) is 5.93. The van der Waals surface area contributed by atoms with Crippen molar-refractivity contribution in [3.63, 3.8) is 0 Å². The number of nitrogens with zero attached hydrogens (tertiary/aromatic N) is 2. The molecule has 0 bridgehead atoms. The van der Waals surface area contributed by atoms with Gasteiger partial charge < -0.3 is 15.0 Å². The van der Waals surface area contributed by atoms with Crippen LogP contribution in [0.5, 0.6) is 5.75 Å². The molecular weight excluding hydrogens is 396 g/mol. The number of carbonyl (C=O) groups excluding carboxylic acids is 1. The van der Waals surface area contributed by atoms with Crippen molar-refractivity contribution in [3.05, 3.63) is 51.7 Å². The smallest absolute Gasteiger partial charge is 0.403 e. The lowest BCUT2D eigenvalue weighted by atomic mass is 9.95. The van der Waals surface area contributed by atoms with Crippen LogP contribution in [0.15, 0.2) is 29.1 Å². The Morgan fingerprint density at radius 2 is 1.90 bits per heavy atom. The highest BCUT2D eigenvalue weighted by Gasteiger charge is 2.32. The first-order chi connectivity index (χ1) is 13.4. The molecule has 0 radical (unpaired) electrons. The molecule has 0 aliphatic heterocycles. The molecular formula is C18H20F4N4O3. The van der Waals surface area contributed by atoms with E-state index in [4.69, 9.17) is 0 Å². The summed E-state index contributed by atoms with van der Waals surface area (Å²) in [6, 6.07) is 3.20. The number of alkyl halides is 3. The Hall–Kier alpha value is -3.11. The Bertz CT molecular complexity index is 941. The third-order valence-corrected chi connectivity index (χ3v) is 3.88. The molecule has 0 spiro atoms. The molecule has 1 aromatic heterocycles. The maximum Gasteiger partial charge on any atom is 0.573 e. The molecule has 1 atom stereocenters. The highest BCUT2D eigenvalue weighted by molar-refractivity contribution is 5.92. The SMILES string of the molecule is CC(C)[C@@H](NC(=O)c1cc(=O)[nH]c(N(C)C)n1)c1ccc(OC(F)(F)F)c(F)c1. The van der Waals surface area contributed by atoms with Gasteiger partial charge in [0.1, 0.15) is 5.69 Å². The molecule has 29 heavy (non-hydrogen) atoms. The van der Waals surface area contributed by atoms with E-state index in [-0.39, 0.29) is 23.1 Å². The van der Waals surface area contributed by atoms with Gasteiger partial charge in [-0.05, 0) is 23.6 Å². The molecule has 2 N–H and O–H groups in total. The summed E-state index contributed by atoms with van der Waals surface area (Å²) in [4.78, 5) is 32.4. The Balaban J connectivity index is 2.30. The molecule has 0 saturated carbocycles. The highest BCUT2D eigenvalue weighted by atomic mass is 19.4. The zero-order valence-electron chi connectivity index (χ0n) is 16.1. The second-order valence-electron chi connectivity index (χ2n) is 6.78. The number of benzene rings is 1. The lowest BCUT2D eigenvalue weighted by Gasteiger charge is -2.23. The standard InChI is InChI=1S/C18H20F4N4O3/c1-9(2)15(10-5-6-13(11(19)7-10)29-18(20,21)22)25-16(28)12-8-14(27)24-17(23-12)26(3)4/h5-9,15H,1-4H3,(H,25,28)(H,23,24,27)/t15-/m1/s1. The molecule has 0 aliphatic carbocycles. The summed E-state index contributed by atoms with van der Waals surface area (Å²) >= 11 is 0. The molecule has 1 aromatic carbocycles. The number of anilines is 1. The summed E-state index contributed by atoms with van der Waals surface area (Å²) in [6.07, 6.45) is -5.02. The number of hydrogen-bond donors (Lipinski definition) is 2. The Morgan fingerprint density at radius 1 is 1.24 bits per heavy atom. The van der Waals surface area contributed by atoms with Crippen LogP contribution < -0.4 is 20.5 Å². The summed E-state index contributed by atoms with van der Waals surface area (Å²) in [5.41, 5.74) is -0.451. The summed E-state index contributed by atoms with van der Waals surface area (Å²) < 4.78 is 54.6. The van der Waals surface area contributed by atoms with E-state index in [1.807, 2.05) is 0 Å². The van der Waals surface area contributed by atoms with Crippen molar-refractivity contribution in [1.29, 1.82) is 0 Å². The predicted octanol–water partition coefficient (Wildman–Crippen LogP) is 3.00. The number of ether oxygens (including phenoxy) is 1. The normalized spacial score (nSPS) is 12.6. The maximum absolute atomic E-state index is 14.1. The molecule has 2 aromatic rings. The van der Waals surface area contributed by atoms with Crippen LogP contribution in [-0.4, -0.2) is 36.3 Å². The summed E-state index contributed by atoms with van der Waals surface area (Å²) in [5.74, 6) is -2.95. The summed E-state index contributed by atoms with van der Waals surface area (Å²) in [5, 5.41) is 2.63. The minimum Gasteiger partial charge on any atom is -0.403 e. The molecule has 2 rings (SSSR count). The Kier molecular flexibility index (Phi) is 6.50. The van der Waals surface area contributed by atoms with E-state index in [1.165, 1.54) is 11.0 Å². The fourth-order valence-corrected chi connectivity index (χ4v) is 2.54. The van der Waals surface area contributed by atoms with Crippen molar-refractivity contribution in [1.82, 2.24) is 15.3 Å². The number of nitrogens with one attached hydrogen (secondary N) is 2. The quantitative estimate of drug-likeness (QED) is 0.707. The molecule has 158 valence electrons. The van der Waals surface area contributed by atoms with Crippen LogP contribution in [-0.2, 0) is 0 Å². The average Bonchev–Trinajstić information content (AvgIpc) is 2.59. The van der Waals surface area contributed by atoms with E-state index in [0.717, 1.165) is 18.2 Å². The molecule has 1 amide bonds. The van der Waals surface area contributed by atoms with E-state index in [0.29, 0.717) is 0 Å². The fourth-order valence-electron chi connectivity index (χ4n) is 2.54. The second-order valence-corrected chi connectivity index (χ2v) is 6.78. The number of hydrogen-bond acceptors (Lipinski definition) is 5. The third-order valence-electron chi connectivity index (χ3n) is 3.88. The van der Waals surface area contributed by atoms with Crippen molar-refractivity contribution in [2.45, 2.75) is 26.3 Å². The molecule has 7 nitrogen and oxygen atoms in total. The molecule has 11 heteroatoms. The number of aromatic amines is 1. The Labute approximate surface area is 163 Å². The first kappa shape index (κ1) is 22.2. The largest absolute Gasteiger partial charge is 0.573 e. The van der Waals surface area contributed by atoms with Gasteiger partial charge in [0, 0.05) is 20.2 Å². The number of halogens is 4. The topological polar surface area (TPSA) is 87.3 Å². The van der Waals surface area contributed by atoms with Crippen molar-refractivity contribution in [3.8, 4) is 5.75 Å². The van der Waals surface area contributed by atoms with Gasteiger partial charge in [-0.25, -0.2) is 9.37 Å². The van der Waals surface area contributed by atoms with Gasteiger partial charge >= 0.3 is 6.36 Å². The molecule has 0 aliphatic rings. The fraction of sp³-hybridized carbons (Fsp3) is 0.389. The van der Waals surface area contributed by atoms with Crippen LogP contribution in [0.1, 0.15) is 35.9 Å². The van der Waals surface area contributed by atoms with E-state index < -0.39 is 35.4 Å². The van der Waals surface area contributed by atoms with Crippen molar-refractivity contribution in [2.75, 3.05) is 19.0 Å². The van der Waals surface area contributed by atoms with E-state index in [9.17, 15) is 27.2 Å². The minimum absolute atomic E-state index is 0.152. The lowest BCUT2D eigenvalue weighted by molar-refractivity contribution is -0.275. The predicted molar refractivity (Wildman–Crippen MR) is 97.3 cm³/mol. The van der Waals surface area contributed by atoms with Gasteiger partial charge in [0.2, 0.25) is 5.95 Å². The van der Waals surface area contributed by atoms with Crippen LogP contribution in [0.2, 0.25) is 0 Å². The number of aromatic nitrogens is 2. The van der Waals surface area contributed by atoms with Crippen LogP contribution >= 0.6 is 0 Å². The molecule has 0 unspecified atom stereocenters. The molecule has 0 fully saturated rings. The van der Waals surface area contributed by atoms with Gasteiger partial charge in [-0.3, -0.25) is 14.6 Å². The van der Waals surface area contributed by atoms with Crippen molar-refractivity contribution < 1.29 is 27.1 Å². The molecule has 1 heterocycles. The van der Waals surface area contributed by atoms with Gasteiger partial charge in [-0.2, -0.15) is 0 Å². The monoisotopic (exact) mass is 416 g/mol. The first-order valence-electron chi connectivity index (χ1n) is 8.52. The van der Waals surface area contributed by atoms with E-state index in [1.54, 1.807) is 27.9 Å². The second kappa shape index (κ2) is 8.50. The van der Waals surface area contributed by atoms with Gasteiger partial charge in [0.05, 0.1) is 6.04 Å². The summed E-state index contributed by atoms with van der Waals surface area (Å²) in [6.45, 7) is 3.47. The van der Waals surface area contributed by atoms with Crippen LogP contribution in [0.3, 0.4) is 0 Å². The number of H-pyrrole nitrogens is 1. The van der Waals surface area contributed by atoms with Crippen molar-refractivity contribution in [2.24, 2.45) is 5.92 Å². The first-order valence-corrected chi connectivity index (χ1v) is 8.52. The number of carbonyl (C=O) groups is 1. The van der Waals surface area contributed by atoms with Gasteiger partial charge in [-0.1, -0.05) is 19.9 Å². The van der Waals surface area contributed by atoms with Crippen LogP contribution in [0, 0.1) is 11.7 Å². The number of rotatable bonds is 6. The van der Waals surface area contributed by atoms with Crippen LogP contribution in [0.4, 0.5) is 23.5 Å². The summed E-state index contributed by atoms with van der Waals surface area (Å²) in [7, 11) is 3.26. The van der Waals surface area contributed by atoms with Gasteiger partial charge in [0.15, 0.2) is 11.6 Å². The van der Waals surface area contributed by atoms with E-state index in [2.05, 4.69) is 20.0 Å². The maximum atomic E-state index is 14.1. The number of amides is 1. The zero-order chi connectivity index (χ0) is 21.9. The highest BCUT2D eigenvalue weighted by Crippen LogP contribution is 2.30. The van der Waals surface area contributed by atoms with Crippen molar-refractivity contribution >= 4 is 11.9 Å². The Morgan fingerprint density at radius 3 is 2.41 bits per heavy atom. The average molecular weight is 416 g/mol.